The lowest BCUT2D eigenvalue weighted by atomic mass is 10.0. The van der Waals surface area contributed by atoms with Gasteiger partial charge in [-0.25, -0.2) is 9.52 Å². The van der Waals surface area contributed by atoms with Gasteiger partial charge in [-0.1, -0.05) is 89.7 Å². The maximum absolute atomic E-state index is 11.9. The van der Waals surface area contributed by atoms with E-state index < -0.39 is 16.3 Å². The third kappa shape index (κ3) is 15.0. The van der Waals surface area contributed by atoms with Gasteiger partial charge in [0.25, 0.3) is 0 Å². The van der Waals surface area contributed by atoms with Gasteiger partial charge in [-0.15, -0.1) is 11.6 Å². The number of halogens is 1. The highest BCUT2D eigenvalue weighted by Gasteiger charge is 2.15. The number of carbonyl (C=O) groups is 1. The van der Waals surface area contributed by atoms with Gasteiger partial charge in [0.05, 0.1) is 11.6 Å². The predicted molar refractivity (Wildman–Crippen MR) is 129 cm³/mol. The second-order valence-corrected chi connectivity index (χ2v) is 9.66. The molecule has 0 heterocycles. The first-order chi connectivity index (χ1) is 15.0. The van der Waals surface area contributed by atoms with Crippen LogP contribution in [0.2, 0.25) is 0 Å². The average Bonchev–Trinajstić information content (AvgIpc) is 2.73. The number of hydrogen-bond acceptors (Lipinski definition) is 4. The first-order valence-corrected chi connectivity index (χ1v) is 13.6. The Bertz CT molecular complexity index is 696. The Labute approximate surface area is 193 Å². The highest BCUT2D eigenvalue weighted by atomic mass is 35.5. The number of carbonyl (C=O) groups excluding carboxylic acids is 1. The number of amides is 1. The summed E-state index contributed by atoms with van der Waals surface area (Å²) in [6.45, 7) is 2.20. The molecule has 0 aliphatic carbocycles. The van der Waals surface area contributed by atoms with Gasteiger partial charge in [0.2, 0.25) is 0 Å². The standard InChI is InChI=1S/C23H39ClN2O4S/c1-2-3-4-5-6-7-8-9-10-11-12-13-14-21-15-17-22(18-16-21)25-31(28,29)26-23(27)30-20-19-24/h15-18,25H,2-14,19-20H2,1H3,(H,26,27). The highest BCUT2D eigenvalue weighted by molar-refractivity contribution is 7.91. The first kappa shape index (κ1) is 27.6. The van der Waals surface area contributed by atoms with Crippen molar-refractivity contribution in [2.75, 3.05) is 17.2 Å². The molecule has 1 amide bonds. The van der Waals surface area contributed by atoms with Crippen LogP contribution >= 0.6 is 11.6 Å². The molecule has 0 bridgehead atoms. The maximum Gasteiger partial charge on any atom is 0.422 e. The summed E-state index contributed by atoms with van der Waals surface area (Å²) in [6, 6.07) is 7.20. The molecule has 1 rings (SSSR count). The quantitative estimate of drug-likeness (QED) is 0.186. The van der Waals surface area contributed by atoms with E-state index in [2.05, 4.69) is 16.4 Å². The van der Waals surface area contributed by atoms with Crippen molar-refractivity contribution >= 4 is 33.6 Å². The third-order valence-electron chi connectivity index (χ3n) is 5.05. The van der Waals surface area contributed by atoms with Crippen LogP contribution in [-0.4, -0.2) is 27.0 Å². The lowest BCUT2D eigenvalue weighted by Gasteiger charge is -2.10. The molecule has 0 aliphatic heterocycles. The number of benzene rings is 1. The number of anilines is 1. The smallest absolute Gasteiger partial charge is 0.422 e. The second-order valence-electron chi connectivity index (χ2n) is 7.87. The Kier molecular flexibility index (Phi) is 15.2. The predicted octanol–water partition coefficient (Wildman–Crippen LogP) is 6.55. The lowest BCUT2D eigenvalue weighted by Crippen LogP contribution is -2.36. The van der Waals surface area contributed by atoms with Crippen LogP contribution in [-0.2, 0) is 21.4 Å². The van der Waals surface area contributed by atoms with Gasteiger partial charge in [-0.2, -0.15) is 8.42 Å². The molecule has 1 aromatic rings. The van der Waals surface area contributed by atoms with E-state index in [-0.39, 0.29) is 12.5 Å². The molecule has 6 nitrogen and oxygen atoms in total. The number of aryl methyl sites for hydroxylation is 1. The number of nitrogens with one attached hydrogen (secondary N) is 2. The zero-order chi connectivity index (χ0) is 22.8. The number of alkyl halides is 1. The van der Waals surface area contributed by atoms with Crippen LogP contribution in [0.1, 0.15) is 89.5 Å². The first-order valence-electron chi connectivity index (χ1n) is 11.6. The van der Waals surface area contributed by atoms with Crippen LogP contribution in [0, 0.1) is 0 Å². The fourth-order valence-corrected chi connectivity index (χ4v) is 4.21. The van der Waals surface area contributed by atoms with Crippen LogP contribution in [0.3, 0.4) is 0 Å². The fourth-order valence-electron chi connectivity index (χ4n) is 3.36. The molecule has 0 aromatic heterocycles. The molecule has 0 fully saturated rings. The van der Waals surface area contributed by atoms with E-state index >= 15 is 0 Å². The van der Waals surface area contributed by atoms with Gasteiger partial charge in [-0.3, -0.25) is 4.72 Å². The molecular formula is C23H39ClN2O4S. The van der Waals surface area contributed by atoms with Crippen LogP contribution in [0.15, 0.2) is 24.3 Å². The van der Waals surface area contributed by atoms with Gasteiger partial charge in [-0.05, 0) is 30.5 Å². The van der Waals surface area contributed by atoms with Crippen molar-refractivity contribution in [3.05, 3.63) is 29.8 Å². The van der Waals surface area contributed by atoms with Crippen LogP contribution in [0.5, 0.6) is 0 Å². The number of hydrogen-bond donors (Lipinski definition) is 2. The summed E-state index contributed by atoms with van der Waals surface area (Å²) in [5, 5.41) is 0. The van der Waals surface area contributed by atoms with Crippen LogP contribution < -0.4 is 9.44 Å². The topological polar surface area (TPSA) is 84.5 Å². The summed E-state index contributed by atoms with van der Waals surface area (Å²) >= 11 is 5.39. The van der Waals surface area contributed by atoms with Crippen molar-refractivity contribution < 1.29 is 17.9 Å². The Balaban J connectivity index is 2.13. The summed E-state index contributed by atoms with van der Waals surface area (Å²) in [5.74, 6) is 0.0988. The SMILES string of the molecule is CCCCCCCCCCCCCCc1ccc(NS(=O)(=O)NC(=O)OCCCl)cc1. The Morgan fingerprint density at radius 1 is 0.871 bits per heavy atom. The van der Waals surface area contributed by atoms with E-state index in [9.17, 15) is 13.2 Å². The largest absolute Gasteiger partial charge is 0.448 e. The van der Waals surface area contributed by atoms with E-state index in [1.807, 2.05) is 12.1 Å². The van der Waals surface area contributed by atoms with Gasteiger partial charge in [0.1, 0.15) is 6.61 Å². The van der Waals surface area contributed by atoms with E-state index in [0.29, 0.717) is 5.69 Å². The van der Waals surface area contributed by atoms with Crippen molar-refractivity contribution in [3.8, 4) is 0 Å². The zero-order valence-corrected chi connectivity index (χ0v) is 20.4. The Hall–Kier alpha value is -1.47. The molecule has 178 valence electrons. The third-order valence-corrected chi connectivity index (χ3v) is 6.15. The maximum atomic E-state index is 11.9. The summed E-state index contributed by atoms with van der Waals surface area (Å²) < 4.78 is 32.5. The van der Waals surface area contributed by atoms with Crippen molar-refractivity contribution in [2.45, 2.75) is 90.4 Å². The number of unbranched alkanes of at least 4 members (excludes halogenated alkanes) is 11. The number of ether oxygens (including phenoxy) is 1. The van der Waals surface area contributed by atoms with Crippen LogP contribution in [0.25, 0.3) is 0 Å². The zero-order valence-electron chi connectivity index (χ0n) is 18.8. The van der Waals surface area contributed by atoms with Crippen LogP contribution in [0.4, 0.5) is 10.5 Å². The summed E-state index contributed by atoms with van der Waals surface area (Å²) in [6.07, 6.45) is 15.8. The minimum absolute atomic E-state index is 0.0588. The van der Waals surface area contributed by atoms with Gasteiger partial charge < -0.3 is 4.74 Å². The van der Waals surface area contributed by atoms with E-state index in [1.165, 1.54) is 76.2 Å². The van der Waals surface area contributed by atoms with E-state index in [4.69, 9.17) is 11.6 Å². The Morgan fingerprint density at radius 3 is 1.90 bits per heavy atom. The minimum Gasteiger partial charge on any atom is -0.448 e. The molecule has 0 radical (unpaired) electrons. The van der Waals surface area contributed by atoms with Crippen molar-refractivity contribution in [3.63, 3.8) is 0 Å². The molecule has 0 unspecified atom stereocenters. The summed E-state index contributed by atoms with van der Waals surface area (Å²) in [4.78, 5) is 11.3. The molecule has 0 atom stereocenters. The van der Waals surface area contributed by atoms with Crippen molar-refractivity contribution in [2.24, 2.45) is 0 Å². The Morgan fingerprint density at radius 2 is 1.39 bits per heavy atom. The summed E-state index contributed by atoms with van der Waals surface area (Å²) in [7, 11) is -4.04. The minimum atomic E-state index is -4.04. The summed E-state index contributed by atoms with van der Waals surface area (Å²) in [5.41, 5.74) is 1.56. The normalized spacial score (nSPS) is 11.3. The molecule has 31 heavy (non-hydrogen) atoms. The number of rotatable bonds is 18. The molecule has 1 aromatic carbocycles. The molecule has 0 saturated heterocycles. The molecular weight excluding hydrogens is 436 g/mol. The highest BCUT2D eigenvalue weighted by Crippen LogP contribution is 2.15. The van der Waals surface area contributed by atoms with E-state index in [1.54, 1.807) is 16.9 Å². The average molecular weight is 475 g/mol. The lowest BCUT2D eigenvalue weighted by molar-refractivity contribution is 0.159. The molecule has 0 aliphatic rings. The molecule has 0 saturated carbocycles. The van der Waals surface area contributed by atoms with E-state index in [0.717, 1.165) is 12.8 Å². The molecule has 0 spiro atoms. The van der Waals surface area contributed by atoms with Gasteiger partial charge in [0.15, 0.2) is 0 Å². The fraction of sp³-hybridized carbons (Fsp3) is 0.696. The van der Waals surface area contributed by atoms with Crippen molar-refractivity contribution in [1.82, 2.24) is 4.72 Å². The van der Waals surface area contributed by atoms with Gasteiger partial charge in [0, 0.05) is 0 Å². The van der Waals surface area contributed by atoms with Crippen molar-refractivity contribution in [1.29, 1.82) is 0 Å². The molecule has 2 N–H and O–H groups in total. The second kappa shape index (κ2) is 17.1. The van der Waals surface area contributed by atoms with Gasteiger partial charge >= 0.3 is 16.3 Å². The molecule has 8 heteroatoms. The monoisotopic (exact) mass is 474 g/mol.